The minimum absolute atomic E-state index is 0.310. The number of ether oxygens (including phenoxy) is 1. The van der Waals surface area contributed by atoms with Crippen molar-refractivity contribution >= 4 is 10.9 Å². The lowest BCUT2D eigenvalue weighted by atomic mass is 9.77. The van der Waals surface area contributed by atoms with Gasteiger partial charge in [0.25, 0.3) is 0 Å². The molecule has 1 aromatic heterocycles. The zero-order valence-electron chi connectivity index (χ0n) is 11.1. The van der Waals surface area contributed by atoms with Gasteiger partial charge >= 0.3 is 0 Å². The smallest absolute Gasteiger partial charge is 0.0719 e. The molecule has 4 heteroatoms. The number of rotatable bonds is 2. The van der Waals surface area contributed by atoms with E-state index >= 15 is 0 Å². The van der Waals surface area contributed by atoms with Gasteiger partial charge in [0.15, 0.2) is 0 Å². The molecule has 2 heterocycles. The Morgan fingerprint density at radius 3 is 2.84 bits per heavy atom. The van der Waals surface area contributed by atoms with Gasteiger partial charge < -0.3 is 4.74 Å². The molecular weight excluding hydrogens is 238 g/mol. The van der Waals surface area contributed by atoms with E-state index in [1.807, 2.05) is 23.9 Å². The lowest BCUT2D eigenvalue weighted by Crippen LogP contribution is -2.30. The molecule has 1 aliphatic rings. The summed E-state index contributed by atoms with van der Waals surface area (Å²) in [6.07, 6.45) is 2.32. The van der Waals surface area contributed by atoms with Gasteiger partial charge in [0.2, 0.25) is 0 Å². The molecule has 0 aliphatic carbocycles. The Balaban J connectivity index is 1.99. The lowest BCUT2D eigenvalue weighted by Gasteiger charge is -2.29. The van der Waals surface area contributed by atoms with Crippen LogP contribution in [0.4, 0.5) is 0 Å². The molecule has 0 unspecified atom stereocenters. The molecule has 0 N–H and O–H groups in total. The summed E-state index contributed by atoms with van der Waals surface area (Å²) in [6.45, 7) is 1.36. The van der Waals surface area contributed by atoms with E-state index < -0.39 is 0 Å². The van der Waals surface area contributed by atoms with E-state index in [0.717, 1.165) is 29.4 Å². The van der Waals surface area contributed by atoms with E-state index in [0.29, 0.717) is 19.6 Å². The van der Waals surface area contributed by atoms with Crippen LogP contribution in [0.3, 0.4) is 0 Å². The summed E-state index contributed by atoms with van der Waals surface area (Å²) in [5.41, 5.74) is 1.84. The molecule has 1 saturated heterocycles. The van der Waals surface area contributed by atoms with Crippen molar-refractivity contribution < 1.29 is 4.74 Å². The van der Waals surface area contributed by atoms with Crippen LogP contribution < -0.4 is 0 Å². The van der Waals surface area contributed by atoms with Gasteiger partial charge in [-0.3, -0.25) is 4.68 Å². The van der Waals surface area contributed by atoms with Gasteiger partial charge in [0.1, 0.15) is 0 Å². The molecule has 19 heavy (non-hydrogen) atoms. The molecule has 0 bridgehead atoms. The molecule has 2 aromatic rings. The fourth-order valence-corrected chi connectivity index (χ4v) is 2.83. The third kappa shape index (κ3) is 2.11. The van der Waals surface area contributed by atoms with Crippen LogP contribution in [0, 0.1) is 16.7 Å². The molecule has 1 fully saturated rings. The Kier molecular flexibility index (Phi) is 3.00. The Hall–Kier alpha value is -1.86. The highest BCUT2D eigenvalue weighted by Crippen LogP contribution is 2.35. The summed E-state index contributed by atoms with van der Waals surface area (Å²) in [4.78, 5) is 0. The number of aromatic nitrogens is 2. The summed E-state index contributed by atoms with van der Waals surface area (Å²) in [7, 11) is 1.95. The Morgan fingerprint density at radius 1 is 1.37 bits per heavy atom. The van der Waals surface area contributed by atoms with Crippen molar-refractivity contribution in [2.75, 3.05) is 13.2 Å². The van der Waals surface area contributed by atoms with Crippen LogP contribution in [0.1, 0.15) is 18.5 Å². The molecule has 0 spiro atoms. The third-order valence-electron chi connectivity index (χ3n) is 4.03. The second kappa shape index (κ2) is 4.67. The predicted octanol–water partition coefficient (Wildman–Crippen LogP) is 2.44. The van der Waals surface area contributed by atoms with Gasteiger partial charge in [0.05, 0.1) is 22.7 Å². The minimum Gasteiger partial charge on any atom is -0.381 e. The third-order valence-corrected chi connectivity index (χ3v) is 4.03. The summed E-state index contributed by atoms with van der Waals surface area (Å²) in [5.74, 6) is 0. The van der Waals surface area contributed by atoms with Crippen LogP contribution in [0.5, 0.6) is 0 Å². The van der Waals surface area contributed by atoms with Crippen molar-refractivity contribution in [3.05, 3.63) is 30.0 Å². The maximum Gasteiger partial charge on any atom is 0.0719 e. The number of hydrogen-bond acceptors (Lipinski definition) is 3. The van der Waals surface area contributed by atoms with Crippen LogP contribution in [0.25, 0.3) is 10.9 Å². The van der Waals surface area contributed by atoms with Crippen LogP contribution in [0.2, 0.25) is 0 Å². The zero-order valence-corrected chi connectivity index (χ0v) is 11.1. The molecule has 3 rings (SSSR count). The molecule has 0 atom stereocenters. The van der Waals surface area contributed by atoms with Gasteiger partial charge in [-0.15, -0.1) is 0 Å². The lowest BCUT2D eigenvalue weighted by molar-refractivity contribution is 0.0403. The van der Waals surface area contributed by atoms with Gasteiger partial charge in [-0.1, -0.05) is 18.2 Å². The average Bonchev–Trinajstić information content (AvgIpc) is 2.77. The monoisotopic (exact) mass is 255 g/mol. The van der Waals surface area contributed by atoms with Gasteiger partial charge in [-0.2, -0.15) is 10.4 Å². The zero-order chi connectivity index (χ0) is 13.3. The van der Waals surface area contributed by atoms with Gasteiger partial charge in [-0.05, 0) is 18.9 Å². The summed E-state index contributed by atoms with van der Waals surface area (Å²) < 4.78 is 7.28. The van der Waals surface area contributed by atoms with Crippen LogP contribution in [-0.2, 0) is 18.2 Å². The number of benzene rings is 1. The minimum atomic E-state index is -0.310. The normalized spacial score (nSPS) is 18.3. The van der Waals surface area contributed by atoms with Crippen LogP contribution >= 0.6 is 0 Å². The average molecular weight is 255 g/mol. The molecule has 98 valence electrons. The number of nitriles is 1. The van der Waals surface area contributed by atoms with Crippen molar-refractivity contribution in [2.45, 2.75) is 19.3 Å². The fourth-order valence-electron chi connectivity index (χ4n) is 2.83. The van der Waals surface area contributed by atoms with Crippen molar-refractivity contribution in [3.63, 3.8) is 0 Å². The molecule has 1 aliphatic heterocycles. The number of aryl methyl sites for hydroxylation is 1. The molecule has 0 radical (unpaired) electrons. The number of fused-ring (bicyclic) bond motifs is 1. The first kappa shape index (κ1) is 12.2. The highest BCUT2D eigenvalue weighted by atomic mass is 16.5. The Morgan fingerprint density at radius 2 is 2.11 bits per heavy atom. The second-order valence-corrected chi connectivity index (χ2v) is 5.27. The van der Waals surface area contributed by atoms with E-state index in [4.69, 9.17) is 4.74 Å². The van der Waals surface area contributed by atoms with E-state index in [1.54, 1.807) is 0 Å². The highest BCUT2D eigenvalue weighted by Gasteiger charge is 2.34. The van der Waals surface area contributed by atoms with Crippen molar-refractivity contribution in [2.24, 2.45) is 12.5 Å². The standard InChI is InChI=1S/C15H17N3O/c1-18-14-5-3-2-4-12(14)13(17-18)10-15(11-16)6-8-19-9-7-15/h2-5H,6-10H2,1H3. The Labute approximate surface area is 112 Å². The van der Waals surface area contributed by atoms with Crippen molar-refractivity contribution in [1.82, 2.24) is 9.78 Å². The van der Waals surface area contributed by atoms with Crippen molar-refractivity contribution in [1.29, 1.82) is 5.26 Å². The van der Waals surface area contributed by atoms with E-state index in [9.17, 15) is 5.26 Å². The first-order valence-corrected chi connectivity index (χ1v) is 6.64. The van der Waals surface area contributed by atoms with Gasteiger partial charge in [-0.25, -0.2) is 0 Å². The molecule has 0 saturated carbocycles. The maximum atomic E-state index is 9.54. The Bertz CT molecular complexity index is 632. The number of nitrogens with zero attached hydrogens (tertiary/aromatic N) is 3. The van der Waals surface area contributed by atoms with Crippen LogP contribution in [0.15, 0.2) is 24.3 Å². The summed E-state index contributed by atoms with van der Waals surface area (Å²) in [6, 6.07) is 10.7. The van der Waals surface area contributed by atoms with Crippen LogP contribution in [-0.4, -0.2) is 23.0 Å². The highest BCUT2D eigenvalue weighted by molar-refractivity contribution is 5.81. The first-order valence-electron chi connectivity index (χ1n) is 6.64. The first-order chi connectivity index (χ1) is 9.24. The second-order valence-electron chi connectivity index (χ2n) is 5.27. The molecule has 1 aromatic carbocycles. The summed E-state index contributed by atoms with van der Waals surface area (Å²) >= 11 is 0. The number of para-hydroxylation sites is 1. The summed E-state index contributed by atoms with van der Waals surface area (Å²) in [5, 5.41) is 15.3. The topological polar surface area (TPSA) is 50.8 Å². The molecule has 0 amide bonds. The van der Waals surface area contributed by atoms with Gasteiger partial charge in [0, 0.05) is 32.1 Å². The fraction of sp³-hybridized carbons (Fsp3) is 0.467. The SMILES string of the molecule is Cn1nc(CC2(C#N)CCOCC2)c2ccccc21. The molecule has 4 nitrogen and oxygen atoms in total. The van der Waals surface area contributed by atoms with E-state index in [1.165, 1.54) is 0 Å². The maximum absolute atomic E-state index is 9.54. The quantitative estimate of drug-likeness (QED) is 0.828. The van der Waals surface area contributed by atoms with E-state index in [2.05, 4.69) is 23.3 Å². The molecular formula is C15H17N3O. The largest absolute Gasteiger partial charge is 0.381 e. The predicted molar refractivity (Wildman–Crippen MR) is 72.5 cm³/mol. The number of hydrogen-bond donors (Lipinski definition) is 0. The van der Waals surface area contributed by atoms with Crippen molar-refractivity contribution in [3.8, 4) is 6.07 Å². The van der Waals surface area contributed by atoms with E-state index in [-0.39, 0.29) is 5.41 Å².